The van der Waals surface area contributed by atoms with Crippen molar-refractivity contribution in [3.8, 4) is 11.5 Å². The molecule has 148 valence electrons. The van der Waals surface area contributed by atoms with Gasteiger partial charge in [-0.3, -0.25) is 4.79 Å². The number of nitrogens with zero attached hydrogens (tertiary/aromatic N) is 1. The van der Waals surface area contributed by atoms with Crippen LogP contribution in [0, 0.1) is 0 Å². The quantitative estimate of drug-likeness (QED) is 0.604. The van der Waals surface area contributed by atoms with Crippen molar-refractivity contribution in [1.29, 1.82) is 0 Å². The van der Waals surface area contributed by atoms with E-state index in [1.54, 1.807) is 38.7 Å². The molecule has 4 rings (SSSR count). The van der Waals surface area contributed by atoms with Gasteiger partial charge in [0, 0.05) is 12.6 Å². The molecule has 1 unspecified atom stereocenters. The number of methoxy groups -OCH3 is 2. The highest BCUT2D eigenvalue weighted by Crippen LogP contribution is 2.41. The predicted molar refractivity (Wildman–Crippen MR) is 111 cm³/mol. The van der Waals surface area contributed by atoms with Crippen molar-refractivity contribution in [2.75, 3.05) is 20.8 Å². The Morgan fingerprint density at radius 2 is 1.83 bits per heavy atom. The molecule has 0 spiro atoms. The molecule has 0 aliphatic carbocycles. The fourth-order valence-corrected chi connectivity index (χ4v) is 3.81. The summed E-state index contributed by atoms with van der Waals surface area (Å²) < 4.78 is 16.3. The SMILES string of the molecule is COc1cc2c(cc1OC)C(c1ccccc1)N(C(=O)C=Cc1ccco1)CC2. The van der Waals surface area contributed by atoms with Crippen LogP contribution in [0.4, 0.5) is 0 Å². The summed E-state index contributed by atoms with van der Waals surface area (Å²) in [6.07, 6.45) is 5.61. The zero-order chi connectivity index (χ0) is 20.2. The van der Waals surface area contributed by atoms with Gasteiger partial charge in [0.2, 0.25) is 5.91 Å². The average Bonchev–Trinajstić information content (AvgIpc) is 3.30. The van der Waals surface area contributed by atoms with Crippen molar-refractivity contribution >= 4 is 12.0 Å². The second-order valence-corrected chi connectivity index (χ2v) is 6.85. The fraction of sp³-hybridized carbons (Fsp3) is 0.208. The predicted octanol–water partition coefficient (Wildman–Crippen LogP) is 4.48. The second-order valence-electron chi connectivity index (χ2n) is 6.85. The van der Waals surface area contributed by atoms with Gasteiger partial charge < -0.3 is 18.8 Å². The normalized spacial score (nSPS) is 15.9. The largest absolute Gasteiger partial charge is 0.493 e. The van der Waals surface area contributed by atoms with E-state index in [2.05, 4.69) is 0 Å². The van der Waals surface area contributed by atoms with Crippen molar-refractivity contribution in [3.05, 3.63) is 89.4 Å². The van der Waals surface area contributed by atoms with Gasteiger partial charge in [0.25, 0.3) is 0 Å². The average molecular weight is 389 g/mol. The monoisotopic (exact) mass is 389 g/mol. The number of carbonyl (C=O) groups is 1. The zero-order valence-corrected chi connectivity index (χ0v) is 16.5. The molecule has 1 aliphatic rings. The van der Waals surface area contributed by atoms with E-state index in [1.165, 1.54) is 0 Å². The van der Waals surface area contributed by atoms with Gasteiger partial charge in [0.1, 0.15) is 5.76 Å². The fourth-order valence-electron chi connectivity index (χ4n) is 3.81. The van der Waals surface area contributed by atoms with Gasteiger partial charge in [-0.1, -0.05) is 30.3 Å². The molecular formula is C24H23NO4. The maximum absolute atomic E-state index is 13.1. The van der Waals surface area contributed by atoms with Crippen molar-refractivity contribution in [1.82, 2.24) is 4.90 Å². The Labute approximate surface area is 170 Å². The van der Waals surface area contributed by atoms with E-state index in [0.717, 1.165) is 23.1 Å². The molecular weight excluding hydrogens is 366 g/mol. The van der Waals surface area contributed by atoms with Gasteiger partial charge in [0.05, 0.1) is 26.5 Å². The lowest BCUT2D eigenvalue weighted by atomic mass is 9.87. The number of amides is 1. The third-order valence-corrected chi connectivity index (χ3v) is 5.21. The molecule has 2 heterocycles. The van der Waals surface area contributed by atoms with Crippen LogP contribution in [0.25, 0.3) is 6.08 Å². The Hall–Kier alpha value is -3.47. The summed E-state index contributed by atoms with van der Waals surface area (Å²) in [7, 11) is 3.26. The Kier molecular flexibility index (Phi) is 5.38. The van der Waals surface area contributed by atoms with Crippen molar-refractivity contribution in [3.63, 3.8) is 0 Å². The smallest absolute Gasteiger partial charge is 0.247 e. The lowest BCUT2D eigenvalue weighted by Crippen LogP contribution is -2.39. The summed E-state index contributed by atoms with van der Waals surface area (Å²) in [5, 5.41) is 0. The highest BCUT2D eigenvalue weighted by atomic mass is 16.5. The van der Waals surface area contributed by atoms with E-state index in [1.807, 2.05) is 53.4 Å². The van der Waals surface area contributed by atoms with Crippen LogP contribution in [0.5, 0.6) is 11.5 Å². The summed E-state index contributed by atoms with van der Waals surface area (Å²) in [6.45, 7) is 0.614. The number of ether oxygens (including phenoxy) is 2. The highest BCUT2D eigenvalue weighted by molar-refractivity contribution is 5.92. The molecule has 5 heteroatoms. The van der Waals surface area contributed by atoms with Gasteiger partial charge in [-0.05, 0) is 53.5 Å². The van der Waals surface area contributed by atoms with Crippen LogP contribution in [-0.2, 0) is 11.2 Å². The minimum absolute atomic E-state index is 0.0595. The third kappa shape index (κ3) is 3.76. The number of carbonyl (C=O) groups excluding carboxylic acids is 1. The van der Waals surface area contributed by atoms with Crippen LogP contribution in [0.3, 0.4) is 0 Å². The zero-order valence-electron chi connectivity index (χ0n) is 16.5. The number of hydrogen-bond donors (Lipinski definition) is 0. The van der Waals surface area contributed by atoms with Crippen molar-refractivity contribution in [2.24, 2.45) is 0 Å². The number of benzene rings is 2. The molecule has 2 aromatic carbocycles. The molecule has 1 aromatic heterocycles. The van der Waals surface area contributed by atoms with Gasteiger partial charge in [-0.25, -0.2) is 0 Å². The number of hydrogen-bond acceptors (Lipinski definition) is 4. The molecule has 0 fully saturated rings. The molecule has 5 nitrogen and oxygen atoms in total. The van der Waals surface area contributed by atoms with Crippen molar-refractivity contribution in [2.45, 2.75) is 12.5 Å². The van der Waals surface area contributed by atoms with E-state index in [-0.39, 0.29) is 11.9 Å². The first kappa shape index (κ1) is 18.9. The standard InChI is InChI=1S/C24H23NO4/c1-27-21-15-18-12-13-25(23(26)11-10-19-9-6-14-29-19)24(17-7-4-3-5-8-17)20(18)16-22(21)28-2/h3-11,14-16,24H,12-13H2,1-2H3. The molecule has 0 saturated heterocycles. The first-order valence-electron chi connectivity index (χ1n) is 9.53. The number of fused-ring (bicyclic) bond motifs is 1. The molecule has 0 radical (unpaired) electrons. The van der Waals surface area contributed by atoms with Crippen LogP contribution < -0.4 is 9.47 Å². The van der Waals surface area contributed by atoms with Gasteiger partial charge in [-0.15, -0.1) is 0 Å². The molecule has 0 N–H and O–H groups in total. The molecule has 0 bridgehead atoms. The molecule has 1 atom stereocenters. The highest BCUT2D eigenvalue weighted by Gasteiger charge is 2.32. The summed E-state index contributed by atoms with van der Waals surface area (Å²) >= 11 is 0. The van der Waals surface area contributed by atoms with E-state index in [0.29, 0.717) is 23.8 Å². The maximum atomic E-state index is 13.1. The Bertz CT molecular complexity index is 1010. The lowest BCUT2D eigenvalue weighted by molar-refractivity contribution is -0.127. The van der Waals surface area contributed by atoms with E-state index in [9.17, 15) is 4.79 Å². The van der Waals surface area contributed by atoms with E-state index < -0.39 is 0 Å². The first-order chi connectivity index (χ1) is 14.2. The second kappa shape index (κ2) is 8.27. The van der Waals surface area contributed by atoms with Crippen LogP contribution in [-0.4, -0.2) is 31.6 Å². The Morgan fingerprint density at radius 3 is 2.52 bits per heavy atom. The molecule has 3 aromatic rings. The summed E-state index contributed by atoms with van der Waals surface area (Å²) in [4.78, 5) is 15.0. The topological polar surface area (TPSA) is 51.9 Å². The van der Waals surface area contributed by atoms with Crippen molar-refractivity contribution < 1.29 is 18.7 Å². The van der Waals surface area contributed by atoms with Gasteiger partial charge in [0.15, 0.2) is 11.5 Å². The third-order valence-electron chi connectivity index (χ3n) is 5.21. The van der Waals surface area contributed by atoms with Crippen LogP contribution >= 0.6 is 0 Å². The van der Waals surface area contributed by atoms with Crippen LogP contribution in [0.2, 0.25) is 0 Å². The van der Waals surface area contributed by atoms with Gasteiger partial charge >= 0.3 is 0 Å². The molecule has 1 aliphatic heterocycles. The Balaban J connectivity index is 1.76. The number of furan rings is 1. The van der Waals surface area contributed by atoms with Crippen LogP contribution in [0.1, 0.15) is 28.5 Å². The number of rotatable bonds is 5. The van der Waals surface area contributed by atoms with E-state index in [4.69, 9.17) is 13.9 Å². The minimum atomic E-state index is -0.200. The maximum Gasteiger partial charge on any atom is 0.247 e. The Morgan fingerprint density at radius 1 is 1.07 bits per heavy atom. The minimum Gasteiger partial charge on any atom is -0.493 e. The molecule has 1 amide bonds. The molecule has 0 saturated carbocycles. The molecule has 29 heavy (non-hydrogen) atoms. The summed E-state index contributed by atoms with van der Waals surface area (Å²) in [5.41, 5.74) is 3.27. The van der Waals surface area contributed by atoms with E-state index >= 15 is 0 Å². The summed E-state index contributed by atoms with van der Waals surface area (Å²) in [6, 6.07) is 17.5. The summed E-state index contributed by atoms with van der Waals surface area (Å²) in [5.74, 6) is 1.96. The van der Waals surface area contributed by atoms with Gasteiger partial charge in [-0.2, -0.15) is 0 Å². The first-order valence-corrected chi connectivity index (χ1v) is 9.53. The lowest BCUT2D eigenvalue weighted by Gasteiger charge is -2.37. The van der Waals surface area contributed by atoms with Crippen LogP contribution in [0.15, 0.2) is 71.4 Å².